The normalized spacial score (nSPS) is 18.4. The van der Waals surface area contributed by atoms with Crippen molar-refractivity contribution in [3.8, 4) is 17.1 Å². The van der Waals surface area contributed by atoms with Gasteiger partial charge in [-0.2, -0.15) is 0 Å². The zero-order chi connectivity index (χ0) is 25.6. The van der Waals surface area contributed by atoms with E-state index in [2.05, 4.69) is 34.3 Å². The number of nitrogens with zero attached hydrogens (tertiary/aromatic N) is 3. The summed E-state index contributed by atoms with van der Waals surface area (Å²) < 4.78 is 6.13. The molecule has 2 atom stereocenters. The number of fused-ring (bicyclic) bond motifs is 1. The van der Waals surface area contributed by atoms with Crippen molar-refractivity contribution < 1.29 is 9.53 Å². The van der Waals surface area contributed by atoms with E-state index in [1.54, 1.807) is 24.5 Å². The monoisotopic (exact) mass is 525 g/mol. The first-order valence-corrected chi connectivity index (χ1v) is 12.8. The first kappa shape index (κ1) is 25.0. The average molecular weight is 526 g/mol. The van der Waals surface area contributed by atoms with Crippen molar-refractivity contribution in [2.75, 3.05) is 7.05 Å². The number of nitrogens with one attached hydrogen (secondary N) is 1. The summed E-state index contributed by atoms with van der Waals surface area (Å²) in [6.45, 7) is 4.71. The van der Waals surface area contributed by atoms with E-state index in [4.69, 9.17) is 38.7 Å². The van der Waals surface area contributed by atoms with Crippen molar-refractivity contribution in [3.63, 3.8) is 0 Å². The predicted octanol–water partition coefficient (Wildman–Crippen LogP) is 5.06. The molecule has 2 heterocycles. The van der Waals surface area contributed by atoms with Gasteiger partial charge >= 0.3 is 0 Å². The quantitative estimate of drug-likeness (QED) is 0.466. The molecule has 1 aliphatic carbocycles. The van der Waals surface area contributed by atoms with Crippen molar-refractivity contribution in [1.82, 2.24) is 20.2 Å². The molecule has 0 unspecified atom stereocenters. The number of benzene rings is 2. The summed E-state index contributed by atoms with van der Waals surface area (Å²) in [4.78, 5) is 23.8. The lowest BCUT2D eigenvalue weighted by Crippen LogP contribution is -2.44. The van der Waals surface area contributed by atoms with Gasteiger partial charge in [0.1, 0.15) is 6.10 Å². The van der Waals surface area contributed by atoms with Gasteiger partial charge in [0.2, 0.25) is 5.88 Å². The molecule has 1 aromatic heterocycles. The lowest BCUT2D eigenvalue weighted by atomic mass is 9.91. The van der Waals surface area contributed by atoms with Gasteiger partial charge in [-0.3, -0.25) is 14.7 Å². The number of hydrogen-bond donors (Lipinski definition) is 2. The Hall–Kier alpha value is -2.71. The average Bonchev–Trinajstić information content (AvgIpc) is 3.64. The number of amides is 1. The molecule has 188 valence electrons. The van der Waals surface area contributed by atoms with Crippen LogP contribution in [0.15, 0.2) is 36.7 Å². The number of carbonyl (C=O) groups is 1. The second-order valence-electron chi connectivity index (χ2n) is 9.69. The molecular formula is C27H29Cl2N5O2. The van der Waals surface area contributed by atoms with Crippen molar-refractivity contribution in [3.05, 3.63) is 74.5 Å². The molecule has 3 aromatic rings. The van der Waals surface area contributed by atoms with Gasteiger partial charge in [0.15, 0.2) is 0 Å². The van der Waals surface area contributed by atoms with Crippen LogP contribution in [0.25, 0.3) is 11.3 Å². The molecular weight excluding hydrogens is 497 g/mol. The highest BCUT2D eigenvalue weighted by molar-refractivity contribution is 6.38. The molecule has 9 heteroatoms. The van der Waals surface area contributed by atoms with Crippen molar-refractivity contribution >= 4 is 29.1 Å². The molecule has 1 amide bonds. The summed E-state index contributed by atoms with van der Waals surface area (Å²) in [5, 5.41) is 3.67. The largest absolute Gasteiger partial charge is 0.469 e. The molecule has 0 bridgehead atoms. The fourth-order valence-electron chi connectivity index (χ4n) is 4.61. The number of rotatable bonds is 6. The fourth-order valence-corrected chi connectivity index (χ4v) is 5.38. The molecule has 7 nitrogen and oxygen atoms in total. The Bertz CT molecular complexity index is 1330. The highest BCUT2D eigenvalue weighted by atomic mass is 35.5. The number of halogens is 2. The van der Waals surface area contributed by atoms with Crippen LogP contribution in [-0.2, 0) is 13.0 Å². The number of likely N-dealkylation sites (N-methyl/N-ethyl adjacent to an activating group) is 1. The van der Waals surface area contributed by atoms with Gasteiger partial charge in [-0.05, 0) is 74.7 Å². The van der Waals surface area contributed by atoms with E-state index < -0.39 is 6.10 Å². The van der Waals surface area contributed by atoms with Crippen LogP contribution >= 0.6 is 23.2 Å². The smallest absolute Gasteiger partial charge is 0.253 e. The standard InChI is InChI=1S/C27H29Cl2N5O2/c1-14-8-16(9-17-13-34(3)23(30)10-20(14)17)22-11-31-12-24(33-22)36-15(2)25-21(28)7-6-19(26(25)29)27(35)32-18-4-5-18/h6-9,11-12,15,18,23H,4-5,10,13,30H2,1-3H3,(H,32,35)/t15-,23-/m1/s1. The molecule has 0 radical (unpaired) electrons. The Morgan fingerprint density at radius 1 is 1.25 bits per heavy atom. The van der Waals surface area contributed by atoms with Crippen LogP contribution in [0.3, 0.4) is 0 Å². The Morgan fingerprint density at radius 3 is 2.78 bits per heavy atom. The third kappa shape index (κ3) is 5.06. The minimum Gasteiger partial charge on any atom is -0.469 e. The zero-order valence-corrected chi connectivity index (χ0v) is 22.0. The number of nitrogens with two attached hydrogens (primary N) is 1. The van der Waals surface area contributed by atoms with E-state index in [0.717, 1.165) is 31.4 Å². The molecule has 0 saturated heterocycles. The van der Waals surface area contributed by atoms with E-state index in [0.29, 0.717) is 27.7 Å². The molecule has 1 fully saturated rings. The lowest BCUT2D eigenvalue weighted by Gasteiger charge is -2.32. The van der Waals surface area contributed by atoms with Crippen LogP contribution in [0.5, 0.6) is 5.88 Å². The van der Waals surface area contributed by atoms with Crippen molar-refractivity contribution in [2.45, 2.75) is 58.0 Å². The summed E-state index contributed by atoms with van der Waals surface area (Å²) in [6.07, 6.45) is 5.56. The van der Waals surface area contributed by atoms with Gasteiger partial charge in [-0.25, -0.2) is 4.98 Å². The number of ether oxygens (including phenoxy) is 1. The fraction of sp³-hybridized carbons (Fsp3) is 0.370. The number of aryl methyl sites for hydroxylation is 1. The third-order valence-corrected chi connectivity index (χ3v) is 7.60. The second kappa shape index (κ2) is 9.98. The summed E-state index contributed by atoms with van der Waals surface area (Å²) in [5.41, 5.74) is 12.6. The molecule has 5 rings (SSSR count). The minimum atomic E-state index is -0.552. The summed E-state index contributed by atoms with van der Waals surface area (Å²) in [6, 6.07) is 7.80. The Kier molecular flexibility index (Phi) is 6.92. The number of aromatic nitrogens is 2. The number of carbonyl (C=O) groups excluding carboxylic acids is 1. The predicted molar refractivity (Wildman–Crippen MR) is 141 cm³/mol. The highest BCUT2D eigenvalue weighted by Gasteiger charge is 2.27. The van der Waals surface area contributed by atoms with Crippen LogP contribution in [0.1, 0.15) is 58.5 Å². The molecule has 1 saturated carbocycles. The van der Waals surface area contributed by atoms with Crippen molar-refractivity contribution in [1.29, 1.82) is 0 Å². The molecule has 36 heavy (non-hydrogen) atoms. The first-order valence-electron chi connectivity index (χ1n) is 12.1. The second-order valence-corrected chi connectivity index (χ2v) is 10.5. The SMILES string of the molecule is Cc1cc(-c2cncc(O[C@H](C)c3c(Cl)ccc(C(=O)NC4CC4)c3Cl)n2)cc2c1C[C@H](N)N(C)C2. The molecule has 1 aliphatic heterocycles. The third-order valence-electron chi connectivity index (χ3n) is 6.86. The van der Waals surface area contributed by atoms with Crippen LogP contribution in [0, 0.1) is 6.92 Å². The molecule has 2 aliphatic rings. The van der Waals surface area contributed by atoms with E-state index in [1.165, 1.54) is 16.7 Å². The zero-order valence-electron chi connectivity index (χ0n) is 20.5. The summed E-state index contributed by atoms with van der Waals surface area (Å²) in [5.74, 6) is 0.137. The topological polar surface area (TPSA) is 93.4 Å². The lowest BCUT2D eigenvalue weighted by molar-refractivity contribution is 0.0951. The van der Waals surface area contributed by atoms with Gasteiger partial charge in [0.25, 0.3) is 5.91 Å². The van der Waals surface area contributed by atoms with Crippen LogP contribution in [0.4, 0.5) is 0 Å². The summed E-state index contributed by atoms with van der Waals surface area (Å²) >= 11 is 13.1. The molecule has 3 N–H and O–H groups in total. The number of hydrogen-bond acceptors (Lipinski definition) is 6. The van der Waals surface area contributed by atoms with Crippen LogP contribution in [-0.4, -0.2) is 40.0 Å². The van der Waals surface area contributed by atoms with E-state index >= 15 is 0 Å². The maximum atomic E-state index is 12.6. The Labute approximate surface area is 221 Å². The van der Waals surface area contributed by atoms with E-state index in [-0.39, 0.29) is 23.1 Å². The van der Waals surface area contributed by atoms with Crippen LogP contribution in [0.2, 0.25) is 10.0 Å². The van der Waals surface area contributed by atoms with Gasteiger partial charge in [-0.1, -0.05) is 23.2 Å². The van der Waals surface area contributed by atoms with E-state index in [1.807, 2.05) is 14.0 Å². The molecule has 2 aromatic carbocycles. The highest BCUT2D eigenvalue weighted by Crippen LogP contribution is 2.36. The van der Waals surface area contributed by atoms with Crippen LogP contribution < -0.4 is 15.8 Å². The van der Waals surface area contributed by atoms with Gasteiger partial charge in [-0.15, -0.1) is 0 Å². The maximum Gasteiger partial charge on any atom is 0.253 e. The van der Waals surface area contributed by atoms with Gasteiger partial charge in [0.05, 0.1) is 34.8 Å². The van der Waals surface area contributed by atoms with E-state index in [9.17, 15) is 4.79 Å². The first-order chi connectivity index (χ1) is 17.2. The Balaban J connectivity index is 1.40. The molecule has 0 spiro atoms. The summed E-state index contributed by atoms with van der Waals surface area (Å²) in [7, 11) is 2.03. The van der Waals surface area contributed by atoms with Gasteiger partial charge < -0.3 is 15.8 Å². The minimum absolute atomic E-state index is 0.0250. The van der Waals surface area contributed by atoms with Gasteiger partial charge in [0, 0.05) is 35.2 Å². The Morgan fingerprint density at radius 2 is 2.03 bits per heavy atom. The van der Waals surface area contributed by atoms with Crippen molar-refractivity contribution in [2.24, 2.45) is 5.73 Å². The maximum absolute atomic E-state index is 12.6.